The lowest BCUT2D eigenvalue weighted by molar-refractivity contribution is -0.137. The third kappa shape index (κ3) is 4.37. The number of halogens is 3. The Morgan fingerprint density at radius 1 is 1.12 bits per heavy atom. The first-order valence-electron chi connectivity index (χ1n) is 7.71. The zero-order chi connectivity index (χ0) is 17.9. The first kappa shape index (κ1) is 18.0. The molecule has 128 valence electrons. The fourth-order valence-corrected chi connectivity index (χ4v) is 2.32. The smallest absolute Gasteiger partial charge is 0.416 e. The molecule has 2 rings (SSSR count). The van der Waals surface area contributed by atoms with Crippen molar-refractivity contribution in [3.63, 3.8) is 0 Å². The van der Waals surface area contributed by atoms with Gasteiger partial charge in [0.05, 0.1) is 11.1 Å². The molecule has 0 aliphatic carbocycles. The van der Waals surface area contributed by atoms with Gasteiger partial charge in [0.25, 0.3) is 0 Å². The van der Waals surface area contributed by atoms with Crippen LogP contribution in [-0.2, 0) is 6.18 Å². The van der Waals surface area contributed by atoms with E-state index in [2.05, 4.69) is 13.8 Å². The highest BCUT2D eigenvalue weighted by Crippen LogP contribution is 2.32. The summed E-state index contributed by atoms with van der Waals surface area (Å²) in [4.78, 5) is 12.1. The Morgan fingerprint density at radius 2 is 1.75 bits per heavy atom. The molecule has 0 bridgehead atoms. The highest BCUT2D eigenvalue weighted by molar-refractivity contribution is 5.91. The van der Waals surface area contributed by atoms with Gasteiger partial charge in [-0.1, -0.05) is 26.0 Å². The number of aryl methyl sites for hydroxylation is 1. The molecule has 0 amide bonds. The van der Waals surface area contributed by atoms with Crippen molar-refractivity contribution in [2.75, 3.05) is 0 Å². The molecule has 2 aromatic carbocycles. The minimum Gasteiger partial charge on any atom is -0.423 e. The molecule has 2 aromatic rings. The van der Waals surface area contributed by atoms with E-state index < -0.39 is 17.7 Å². The number of esters is 1. The third-order valence-corrected chi connectivity index (χ3v) is 3.92. The van der Waals surface area contributed by atoms with Gasteiger partial charge in [0, 0.05) is 0 Å². The van der Waals surface area contributed by atoms with Crippen molar-refractivity contribution in [3.05, 3.63) is 64.7 Å². The SMILES string of the molecule is CCC(C)c1ccc(C(=O)Oc2cc(C)cc(C(F)(F)F)c2)cc1. The second-order valence-corrected chi connectivity index (χ2v) is 5.85. The first-order valence-corrected chi connectivity index (χ1v) is 7.71. The van der Waals surface area contributed by atoms with E-state index in [1.54, 1.807) is 12.1 Å². The Kier molecular flexibility index (Phi) is 5.32. The first-order chi connectivity index (χ1) is 11.2. The summed E-state index contributed by atoms with van der Waals surface area (Å²) in [6.45, 7) is 5.68. The van der Waals surface area contributed by atoms with Gasteiger partial charge in [-0.05, 0) is 60.7 Å². The van der Waals surface area contributed by atoms with E-state index in [0.29, 0.717) is 17.0 Å². The average Bonchev–Trinajstić information content (AvgIpc) is 2.53. The van der Waals surface area contributed by atoms with Crippen molar-refractivity contribution in [2.24, 2.45) is 0 Å². The molecule has 0 aliphatic rings. The number of carbonyl (C=O) groups is 1. The van der Waals surface area contributed by atoms with Crippen LogP contribution in [-0.4, -0.2) is 5.97 Å². The Hall–Kier alpha value is -2.30. The van der Waals surface area contributed by atoms with E-state index in [4.69, 9.17) is 4.74 Å². The Labute approximate surface area is 139 Å². The van der Waals surface area contributed by atoms with Crippen LogP contribution in [0.4, 0.5) is 13.2 Å². The van der Waals surface area contributed by atoms with Crippen LogP contribution in [0.1, 0.15) is 53.2 Å². The highest BCUT2D eigenvalue weighted by atomic mass is 19.4. The van der Waals surface area contributed by atoms with Crippen molar-refractivity contribution < 1.29 is 22.7 Å². The predicted octanol–water partition coefficient (Wildman–Crippen LogP) is 5.75. The zero-order valence-electron chi connectivity index (χ0n) is 13.8. The molecule has 0 aromatic heterocycles. The lowest BCUT2D eigenvalue weighted by Crippen LogP contribution is -2.11. The fourth-order valence-electron chi connectivity index (χ4n) is 2.32. The normalized spacial score (nSPS) is 12.8. The molecule has 5 heteroatoms. The lowest BCUT2D eigenvalue weighted by Gasteiger charge is -2.12. The molecule has 2 nitrogen and oxygen atoms in total. The molecular formula is C19H19F3O2. The molecule has 24 heavy (non-hydrogen) atoms. The van der Waals surface area contributed by atoms with E-state index in [-0.39, 0.29) is 5.75 Å². The van der Waals surface area contributed by atoms with Crippen molar-refractivity contribution in [2.45, 2.75) is 39.3 Å². The van der Waals surface area contributed by atoms with Gasteiger partial charge in [-0.2, -0.15) is 13.2 Å². The van der Waals surface area contributed by atoms with Crippen LogP contribution in [0.2, 0.25) is 0 Å². The molecule has 0 heterocycles. The Morgan fingerprint density at radius 3 is 2.29 bits per heavy atom. The van der Waals surface area contributed by atoms with Gasteiger partial charge in [-0.3, -0.25) is 0 Å². The minimum absolute atomic E-state index is 0.113. The number of carbonyl (C=O) groups excluding carboxylic acids is 1. The zero-order valence-corrected chi connectivity index (χ0v) is 13.8. The van der Waals surface area contributed by atoms with E-state index in [1.165, 1.54) is 13.0 Å². The van der Waals surface area contributed by atoms with Gasteiger partial charge < -0.3 is 4.74 Å². The van der Waals surface area contributed by atoms with Gasteiger partial charge in [0.15, 0.2) is 0 Å². The third-order valence-electron chi connectivity index (χ3n) is 3.92. The molecule has 1 unspecified atom stereocenters. The molecule has 0 fully saturated rings. The van der Waals surface area contributed by atoms with E-state index >= 15 is 0 Å². The number of benzene rings is 2. The highest BCUT2D eigenvalue weighted by Gasteiger charge is 2.31. The predicted molar refractivity (Wildman–Crippen MR) is 86.3 cm³/mol. The van der Waals surface area contributed by atoms with Gasteiger partial charge in [-0.15, -0.1) is 0 Å². The molecule has 1 atom stereocenters. The minimum atomic E-state index is -4.48. The van der Waals surface area contributed by atoms with E-state index in [1.807, 2.05) is 12.1 Å². The van der Waals surface area contributed by atoms with Crippen LogP contribution >= 0.6 is 0 Å². The van der Waals surface area contributed by atoms with Crippen molar-refractivity contribution in [1.29, 1.82) is 0 Å². The van der Waals surface area contributed by atoms with Gasteiger partial charge >= 0.3 is 12.1 Å². The topological polar surface area (TPSA) is 26.3 Å². The number of hydrogen-bond donors (Lipinski definition) is 0. The summed E-state index contributed by atoms with van der Waals surface area (Å²) in [5.74, 6) is -0.413. The summed E-state index contributed by atoms with van der Waals surface area (Å²) in [6.07, 6.45) is -3.50. The van der Waals surface area contributed by atoms with Crippen LogP contribution in [0.15, 0.2) is 42.5 Å². The van der Waals surface area contributed by atoms with Crippen molar-refractivity contribution in [3.8, 4) is 5.75 Å². The van der Waals surface area contributed by atoms with Crippen LogP contribution in [0.3, 0.4) is 0 Å². The van der Waals surface area contributed by atoms with E-state index in [0.717, 1.165) is 24.1 Å². The standard InChI is InChI=1S/C19H19F3O2/c1-4-13(3)14-5-7-15(8-6-14)18(23)24-17-10-12(2)9-16(11-17)19(20,21)22/h5-11,13H,4H2,1-3H3. The average molecular weight is 336 g/mol. The van der Waals surface area contributed by atoms with Crippen LogP contribution in [0, 0.1) is 6.92 Å². The molecule has 0 saturated carbocycles. The summed E-state index contributed by atoms with van der Waals surface area (Å²) in [6, 6.07) is 10.2. The number of alkyl halides is 3. The maximum atomic E-state index is 12.8. The summed E-state index contributed by atoms with van der Waals surface area (Å²) in [5, 5.41) is 0. The summed E-state index contributed by atoms with van der Waals surface area (Å²) >= 11 is 0. The van der Waals surface area contributed by atoms with Gasteiger partial charge in [0.1, 0.15) is 5.75 Å². The van der Waals surface area contributed by atoms with Gasteiger partial charge in [0.2, 0.25) is 0 Å². The number of rotatable bonds is 4. The van der Waals surface area contributed by atoms with Gasteiger partial charge in [-0.25, -0.2) is 4.79 Å². The monoisotopic (exact) mass is 336 g/mol. The quantitative estimate of drug-likeness (QED) is 0.525. The van der Waals surface area contributed by atoms with Crippen LogP contribution < -0.4 is 4.74 Å². The number of hydrogen-bond acceptors (Lipinski definition) is 2. The maximum Gasteiger partial charge on any atom is 0.416 e. The maximum absolute atomic E-state index is 12.8. The van der Waals surface area contributed by atoms with E-state index in [9.17, 15) is 18.0 Å². The summed E-state index contributed by atoms with van der Waals surface area (Å²) in [5.41, 5.74) is 0.943. The van der Waals surface area contributed by atoms with Crippen molar-refractivity contribution >= 4 is 5.97 Å². The molecular weight excluding hydrogens is 317 g/mol. The Bertz CT molecular complexity index is 718. The molecule has 0 aliphatic heterocycles. The molecule has 0 spiro atoms. The number of ether oxygens (including phenoxy) is 1. The Balaban J connectivity index is 2.19. The largest absolute Gasteiger partial charge is 0.423 e. The summed E-state index contributed by atoms with van der Waals surface area (Å²) < 4.78 is 43.6. The molecule has 0 saturated heterocycles. The van der Waals surface area contributed by atoms with Crippen LogP contribution in [0.5, 0.6) is 5.75 Å². The second kappa shape index (κ2) is 7.07. The molecule has 0 N–H and O–H groups in total. The van der Waals surface area contributed by atoms with Crippen molar-refractivity contribution in [1.82, 2.24) is 0 Å². The van der Waals surface area contributed by atoms with Crippen LogP contribution in [0.25, 0.3) is 0 Å². The fraction of sp³-hybridized carbons (Fsp3) is 0.316. The molecule has 0 radical (unpaired) electrons. The lowest BCUT2D eigenvalue weighted by atomic mass is 9.98. The second-order valence-electron chi connectivity index (χ2n) is 5.85. The summed E-state index contributed by atoms with van der Waals surface area (Å²) in [7, 11) is 0.